The van der Waals surface area contributed by atoms with Gasteiger partial charge in [-0.25, -0.2) is 4.39 Å². The molecular formula is C13H17FN2O2. The van der Waals surface area contributed by atoms with E-state index < -0.39 is 12.0 Å². The van der Waals surface area contributed by atoms with Gasteiger partial charge in [-0.15, -0.1) is 0 Å². The van der Waals surface area contributed by atoms with Crippen molar-refractivity contribution in [3.8, 4) is 0 Å². The highest BCUT2D eigenvalue weighted by molar-refractivity contribution is 5.73. The molecule has 0 saturated carbocycles. The number of halogens is 1. The highest BCUT2D eigenvalue weighted by atomic mass is 19.1. The first kappa shape index (κ1) is 13.0. The second kappa shape index (κ2) is 5.46. The van der Waals surface area contributed by atoms with Gasteiger partial charge >= 0.3 is 5.97 Å². The largest absolute Gasteiger partial charge is 0.480 e. The summed E-state index contributed by atoms with van der Waals surface area (Å²) in [6.07, 6.45) is 0.800. The molecule has 1 aromatic carbocycles. The molecule has 0 radical (unpaired) electrons. The van der Waals surface area contributed by atoms with Crippen molar-refractivity contribution in [1.29, 1.82) is 0 Å². The lowest BCUT2D eigenvalue weighted by atomic mass is 10.0. The minimum absolute atomic E-state index is 0.00273. The molecule has 1 aromatic rings. The average Bonchev–Trinajstić information content (AvgIpc) is 2.79. The molecule has 1 heterocycles. The smallest absolute Gasteiger partial charge is 0.320 e. The maximum Gasteiger partial charge on any atom is 0.320 e. The van der Waals surface area contributed by atoms with E-state index in [4.69, 9.17) is 10.8 Å². The lowest BCUT2D eigenvalue weighted by Crippen LogP contribution is -2.39. The van der Waals surface area contributed by atoms with E-state index in [2.05, 4.69) is 4.90 Å². The van der Waals surface area contributed by atoms with Crippen molar-refractivity contribution in [3.05, 3.63) is 35.6 Å². The summed E-state index contributed by atoms with van der Waals surface area (Å²) in [7, 11) is 0. The van der Waals surface area contributed by atoms with Gasteiger partial charge in [0, 0.05) is 13.1 Å². The number of rotatable bonds is 4. The number of carboxylic acid groups (broad SMARTS) is 1. The van der Waals surface area contributed by atoms with Crippen LogP contribution in [0.1, 0.15) is 12.0 Å². The minimum atomic E-state index is -0.941. The summed E-state index contributed by atoms with van der Waals surface area (Å²) >= 11 is 0. The third kappa shape index (κ3) is 3.05. The van der Waals surface area contributed by atoms with Crippen LogP contribution in [0.4, 0.5) is 4.39 Å². The van der Waals surface area contributed by atoms with Crippen LogP contribution in [0.25, 0.3) is 0 Å². The number of nitrogens with zero attached hydrogens (tertiary/aromatic N) is 1. The molecule has 1 aliphatic heterocycles. The van der Waals surface area contributed by atoms with Gasteiger partial charge in [0.15, 0.2) is 0 Å². The quantitative estimate of drug-likeness (QED) is 0.841. The molecule has 98 valence electrons. The zero-order chi connectivity index (χ0) is 13.1. The van der Waals surface area contributed by atoms with Crippen LogP contribution in [0.3, 0.4) is 0 Å². The molecule has 3 N–H and O–H groups in total. The fraction of sp³-hybridized carbons (Fsp3) is 0.462. The van der Waals surface area contributed by atoms with Crippen LogP contribution in [0, 0.1) is 11.7 Å². The van der Waals surface area contributed by atoms with Gasteiger partial charge in [0.05, 0.1) is 0 Å². The lowest BCUT2D eigenvalue weighted by molar-refractivity contribution is -0.139. The topological polar surface area (TPSA) is 66.6 Å². The summed E-state index contributed by atoms with van der Waals surface area (Å²) in [6.45, 7) is 2.23. The zero-order valence-corrected chi connectivity index (χ0v) is 10.1. The van der Waals surface area contributed by atoms with Crippen LogP contribution in [0.5, 0.6) is 0 Å². The number of aliphatic carboxylic acids is 1. The minimum Gasteiger partial charge on any atom is -0.480 e. The Morgan fingerprint density at radius 3 is 2.78 bits per heavy atom. The van der Waals surface area contributed by atoms with Crippen molar-refractivity contribution in [2.24, 2.45) is 11.7 Å². The second-order valence-corrected chi connectivity index (χ2v) is 4.77. The molecule has 0 bridgehead atoms. The first-order valence-electron chi connectivity index (χ1n) is 6.01. The van der Waals surface area contributed by atoms with Crippen molar-refractivity contribution in [2.75, 3.05) is 13.1 Å². The first-order chi connectivity index (χ1) is 8.56. The molecule has 2 unspecified atom stereocenters. The normalized spacial score (nSPS) is 22.0. The van der Waals surface area contributed by atoms with Crippen LogP contribution in [0.2, 0.25) is 0 Å². The monoisotopic (exact) mass is 252 g/mol. The maximum absolute atomic E-state index is 12.8. The number of likely N-dealkylation sites (tertiary alicyclic amines) is 1. The Labute approximate surface area is 105 Å². The molecule has 1 fully saturated rings. The summed E-state index contributed by atoms with van der Waals surface area (Å²) in [5, 5.41) is 8.86. The summed E-state index contributed by atoms with van der Waals surface area (Å²) in [5.41, 5.74) is 6.65. The van der Waals surface area contributed by atoms with Crippen LogP contribution in [0.15, 0.2) is 24.3 Å². The van der Waals surface area contributed by atoms with Gasteiger partial charge in [-0.3, -0.25) is 9.69 Å². The van der Waals surface area contributed by atoms with E-state index in [1.165, 1.54) is 12.1 Å². The molecule has 0 amide bonds. The van der Waals surface area contributed by atoms with E-state index in [0.29, 0.717) is 13.1 Å². The molecule has 18 heavy (non-hydrogen) atoms. The second-order valence-electron chi connectivity index (χ2n) is 4.77. The third-order valence-electron chi connectivity index (χ3n) is 3.42. The molecule has 4 nitrogen and oxygen atoms in total. The molecule has 2 atom stereocenters. The van der Waals surface area contributed by atoms with Gasteiger partial charge in [0.25, 0.3) is 0 Å². The molecule has 2 rings (SSSR count). The van der Waals surface area contributed by atoms with Gasteiger partial charge < -0.3 is 10.8 Å². The van der Waals surface area contributed by atoms with Crippen LogP contribution < -0.4 is 5.73 Å². The number of carbonyl (C=O) groups is 1. The summed E-state index contributed by atoms with van der Waals surface area (Å²) < 4.78 is 12.8. The number of hydrogen-bond donors (Lipinski definition) is 2. The van der Waals surface area contributed by atoms with E-state index in [0.717, 1.165) is 18.5 Å². The van der Waals surface area contributed by atoms with Crippen molar-refractivity contribution in [1.82, 2.24) is 4.90 Å². The van der Waals surface area contributed by atoms with Gasteiger partial charge in [0.2, 0.25) is 0 Å². The fourth-order valence-corrected chi connectivity index (χ4v) is 2.35. The molecular weight excluding hydrogens is 235 g/mol. The number of hydrogen-bond acceptors (Lipinski definition) is 3. The van der Waals surface area contributed by atoms with Crippen molar-refractivity contribution >= 4 is 5.97 Å². The molecule has 1 aliphatic rings. The van der Waals surface area contributed by atoms with Crippen LogP contribution >= 0.6 is 0 Å². The number of carboxylic acids is 1. The Bertz CT molecular complexity index is 422. The number of nitrogens with two attached hydrogens (primary N) is 1. The van der Waals surface area contributed by atoms with Crippen molar-refractivity contribution in [3.63, 3.8) is 0 Å². The Morgan fingerprint density at radius 2 is 2.17 bits per heavy atom. The zero-order valence-electron chi connectivity index (χ0n) is 10.1. The molecule has 0 spiro atoms. The molecule has 0 aromatic heterocycles. The van der Waals surface area contributed by atoms with Gasteiger partial charge in [-0.2, -0.15) is 0 Å². The van der Waals surface area contributed by atoms with Gasteiger partial charge in [0.1, 0.15) is 11.9 Å². The summed E-state index contributed by atoms with van der Waals surface area (Å²) in [6, 6.07) is 5.58. The SMILES string of the molecule is NC(C(=O)O)C1CCN(Cc2ccc(F)cc2)C1. The Hall–Kier alpha value is -1.46. The standard InChI is InChI=1S/C13H17FN2O2/c14-11-3-1-9(2-4-11)7-16-6-5-10(8-16)12(15)13(17)18/h1-4,10,12H,5-8,15H2,(H,17,18). The fourth-order valence-electron chi connectivity index (χ4n) is 2.35. The first-order valence-corrected chi connectivity index (χ1v) is 6.01. The van der Waals surface area contributed by atoms with Crippen LogP contribution in [-0.4, -0.2) is 35.1 Å². The predicted molar refractivity (Wildman–Crippen MR) is 65.4 cm³/mol. The molecule has 5 heteroatoms. The summed E-state index contributed by atoms with van der Waals surface area (Å²) in [5.74, 6) is -1.18. The van der Waals surface area contributed by atoms with E-state index in [-0.39, 0.29) is 11.7 Å². The van der Waals surface area contributed by atoms with Crippen molar-refractivity contribution < 1.29 is 14.3 Å². The maximum atomic E-state index is 12.8. The van der Waals surface area contributed by atoms with E-state index in [9.17, 15) is 9.18 Å². The molecule has 0 aliphatic carbocycles. The highest BCUT2D eigenvalue weighted by Crippen LogP contribution is 2.21. The Balaban J connectivity index is 1.89. The van der Waals surface area contributed by atoms with E-state index in [1.807, 2.05) is 0 Å². The van der Waals surface area contributed by atoms with Gasteiger partial charge in [-0.05, 0) is 36.6 Å². The molecule has 1 saturated heterocycles. The number of benzene rings is 1. The van der Waals surface area contributed by atoms with E-state index in [1.54, 1.807) is 12.1 Å². The Morgan fingerprint density at radius 1 is 1.50 bits per heavy atom. The Kier molecular flexibility index (Phi) is 3.93. The van der Waals surface area contributed by atoms with Crippen LogP contribution in [-0.2, 0) is 11.3 Å². The average molecular weight is 252 g/mol. The van der Waals surface area contributed by atoms with Gasteiger partial charge in [-0.1, -0.05) is 12.1 Å². The predicted octanol–water partition coefficient (Wildman–Crippen LogP) is 1.06. The summed E-state index contributed by atoms with van der Waals surface area (Å²) in [4.78, 5) is 13.0. The lowest BCUT2D eigenvalue weighted by Gasteiger charge is -2.17. The van der Waals surface area contributed by atoms with Crippen molar-refractivity contribution in [2.45, 2.75) is 19.0 Å². The highest BCUT2D eigenvalue weighted by Gasteiger charge is 2.31. The van der Waals surface area contributed by atoms with E-state index >= 15 is 0 Å². The third-order valence-corrected chi connectivity index (χ3v) is 3.42.